The van der Waals surface area contributed by atoms with Crippen molar-refractivity contribution in [3.8, 4) is 0 Å². The van der Waals surface area contributed by atoms with Gasteiger partial charge in [0.2, 0.25) is 0 Å². The first-order chi connectivity index (χ1) is 16.7. The van der Waals surface area contributed by atoms with Crippen LogP contribution in [0.5, 0.6) is 0 Å². The van der Waals surface area contributed by atoms with E-state index in [1.54, 1.807) is 26.0 Å². The van der Waals surface area contributed by atoms with Crippen molar-refractivity contribution in [3.63, 3.8) is 0 Å². The van der Waals surface area contributed by atoms with Gasteiger partial charge < -0.3 is 19.2 Å². The number of methoxy groups -OCH3 is 1. The average Bonchev–Trinajstić information content (AvgIpc) is 2.82. The van der Waals surface area contributed by atoms with Gasteiger partial charge in [-0.2, -0.15) is 0 Å². The van der Waals surface area contributed by atoms with Gasteiger partial charge in [-0.05, 0) is 43.9 Å². The van der Waals surface area contributed by atoms with Gasteiger partial charge in [-0.1, -0.05) is 25.4 Å². The third-order valence-corrected chi connectivity index (χ3v) is 6.71. The third kappa shape index (κ3) is 4.27. The number of fused-ring (bicyclic) bond motifs is 1. The minimum atomic E-state index is -1.08. The zero-order valence-corrected chi connectivity index (χ0v) is 20.7. The molecule has 0 fully saturated rings. The minimum absolute atomic E-state index is 0.0862. The molecule has 1 aromatic heterocycles. The number of hydrogen-bond acceptors (Lipinski definition) is 8. The van der Waals surface area contributed by atoms with E-state index in [-0.39, 0.29) is 34.6 Å². The Morgan fingerprint density at radius 3 is 2.69 bits per heavy atom. The second-order valence-electron chi connectivity index (χ2n) is 8.83. The summed E-state index contributed by atoms with van der Waals surface area (Å²) in [5.74, 6) is -4.29. The maximum absolute atomic E-state index is 13.7. The van der Waals surface area contributed by atoms with Gasteiger partial charge in [0.05, 0.1) is 36.9 Å². The lowest BCUT2D eigenvalue weighted by atomic mass is 9.69. The summed E-state index contributed by atoms with van der Waals surface area (Å²) < 4.78 is 16.0. The smallest absolute Gasteiger partial charge is 0.336 e. The zero-order chi connectivity index (χ0) is 25.4. The molecule has 0 amide bonds. The number of carbonyl (C=O) groups is 3. The second-order valence-corrected chi connectivity index (χ2v) is 9.27. The van der Waals surface area contributed by atoms with Crippen LogP contribution in [0, 0.1) is 11.8 Å². The summed E-state index contributed by atoms with van der Waals surface area (Å²) in [6.45, 7) is 5.52. The van der Waals surface area contributed by atoms with Crippen LogP contribution in [0.15, 0.2) is 56.2 Å². The Morgan fingerprint density at radius 2 is 2.00 bits per heavy atom. The van der Waals surface area contributed by atoms with E-state index in [1.165, 1.54) is 19.4 Å². The van der Waals surface area contributed by atoms with Crippen LogP contribution in [0.25, 0.3) is 11.0 Å². The van der Waals surface area contributed by atoms with Gasteiger partial charge in [0.1, 0.15) is 11.5 Å². The first-order valence-electron chi connectivity index (χ1n) is 11.4. The summed E-state index contributed by atoms with van der Waals surface area (Å²) in [5, 5.41) is 3.72. The van der Waals surface area contributed by atoms with E-state index in [4.69, 9.17) is 25.5 Å². The average molecular weight is 500 g/mol. The second kappa shape index (κ2) is 9.70. The molecule has 184 valence electrons. The minimum Gasteiger partial charge on any atom is -0.468 e. The molecule has 1 aliphatic heterocycles. The molecule has 1 aliphatic carbocycles. The molecule has 2 heterocycles. The van der Waals surface area contributed by atoms with Gasteiger partial charge >= 0.3 is 11.9 Å². The Morgan fingerprint density at radius 1 is 1.26 bits per heavy atom. The molecule has 0 saturated heterocycles. The number of esters is 2. The van der Waals surface area contributed by atoms with Crippen LogP contribution >= 0.6 is 11.6 Å². The number of Topliss-reactive ketones (excluding diaryl/α,β-unsaturated/α-hetero) is 1. The largest absolute Gasteiger partial charge is 0.468 e. The van der Waals surface area contributed by atoms with E-state index in [0.29, 0.717) is 34.8 Å². The fourth-order valence-electron chi connectivity index (χ4n) is 4.85. The standard InChI is InChI=1S/C26H26ClNO7/c1-5-8-34-26(32)20-13(3)28-17-9-12(2)19(25(31)33-4)24(30)22(17)21(20)16-11-35-18-7-6-14(27)10-15(18)23(16)29/h6-7,10-12,19,21,28H,5,8-9H2,1-4H3/t12-,19-,21+/m0/s1. The number of halogens is 1. The number of ketones is 1. The van der Waals surface area contributed by atoms with E-state index in [9.17, 15) is 19.2 Å². The van der Waals surface area contributed by atoms with Crippen molar-refractivity contribution < 1.29 is 28.3 Å². The number of carbonyl (C=O) groups excluding carboxylic acids is 3. The first-order valence-corrected chi connectivity index (χ1v) is 11.8. The molecule has 0 radical (unpaired) electrons. The van der Waals surface area contributed by atoms with Gasteiger partial charge in [-0.3, -0.25) is 14.4 Å². The van der Waals surface area contributed by atoms with Crippen LogP contribution < -0.4 is 10.7 Å². The summed E-state index contributed by atoms with van der Waals surface area (Å²) in [6.07, 6.45) is 2.22. The van der Waals surface area contributed by atoms with E-state index >= 15 is 0 Å². The molecule has 0 unspecified atom stereocenters. The molecule has 35 heavy (non-hydrogen) atoms. The highest BCUT2D eigenvalue weighted by Gasteiger charge is 2.48. The third-order valence-electron chi connectivity index (χ3n) is 6.47. The molecule has 0 spiro atoms. The molecule has 0 bridgehead atoms. The van der Waals surface area contributed by atoms with Crippen molar-refractivity contribution in [2.24, 2.45) is 11.8 Å². The maximum Gasteiger partial charge on any atom is 0.336 e. The quantitative estimate of drug-likeness (QED) is 0.485. The van der Waals surface area contributed by atoms with Gasteiger partial charge in [0, 0.05) is 27.6 Å². The summed E-state index contributed by atoms with van der Waals surface area (Å²) in [5.41, 5.74) is 1.29. The Labute approximate surface area is 206 Å². The zero-order valence-electron chi connectivity index (χ0n) is 19.9. The van der Waals surface area contributed by atoms with Crippen LogP contribution in [-0.4, -0.2) is 31.4 Å². The highest BCUT2D eigenvalue weighted by Crippen LogP contribution is 2.45. The molecular weight excluding hydrogens is 474 g/mol. The van der Waals surface area contributed by atoms with E-state index < -0.39 is 35.0 Å². The summed E-state index contributed by atoms with van der Waals surface area (Å²) >= 11 is 6.12. The van der Waals surface area contributed by atoms with E-state index in [2.05, 4.69) is 5.32 Å². The number of nitrogens with one attached hydrogen (secondary N) is 1. The molecule has 1 aromatic carbocycles. The number of ether oxygens (including phenoxy) is 2. The molecule has 4 rings (SSSR count). The molecular formula is C26H26ClNO7. The SMILES string of the molecule is CCCOC(=O)C1=C(C)NC2=C(C(=O)[C@@H](C(=O)OC)[C@@H](C)C2)[C@@H]1c1coc2ccc(Cl)cc2c1=O. The topological polar surface area (TPSA) is 112 Å². The number of allylic oxidation sites excluding steroid dienone is 3. The Kier molecular flexibility index (Phi) is 6.85. The van der Waals surface area contributed by atoms with Crippen molar-refractivity contribution in [2.75, 3.05) is 13.7 Å². The number of benzene rings is 1. The Bertz CT molecular complexity index is 1350. The van der Waals surface area contributed by atoms with Gasteiger partial charge in [-0.25, -0.2) is 4.79 Å². The predicted octanol–water partition coefficient (Wildman–Crippen LogP) is 4.01. The van der Waals surface area contributed by atoms with Crippen molar-refractivity contribution in [2.45, 2.75) is 39.5 Å². The molecule has 9 heteroatoms. The lowest BCUT2D eigenvalue weighted by Crippen LogP contribution is -2.44. The summed E-state index contributed by atoms with van der Waals surface area (Å²) in [4.78, 5) is 53.1. The fraction of sp³-hybridized carbons (Fsp3) is 0.385. The maximum atomic E-state index is 13.7. The Hall–Kier alpha value is -3.39. The highest BCUT2D eigenvalue weighted by molar-refractivity contribution is 6.31. The molecule has 3 atom stereocenters. The lowest BCUT2D eigenvalue weighted by molar-refractivity contribution is -0.151. The molecule has 8 nitrogen and oxygen atoms in total. The van der Waals surface area contributed by atoms with Crippen molar-refractivity contribution in [3.05, 3.63) is 67.8 Å². The molecule has 1 N–H and O–H groups in total. The number of rotatable bonds is 5. The van der Waals surface area contributed by atoms with Crippen LogP contribution in [0.1, 0.15) is 45.1 Å². The molecule has 2 aliphatic rings. The van der Waals surface area contributed by atoms with Crippen molar-refractivity contribution >= 4 is 40.3 Å². The van der Waals surface area contributed by atoms with E-state index in [1.807, 2.05) is 6.92 Å². The number of hydrogen-bond donors (Lipinski definition) is 1. The lowest BCUT2D eigenvalue weighted by Gasteiger charge is -2.37. The first kappa shape index (κ1) is 24.7. The summed E-state index contributed by atoms with van der Waals surface area (Å²) in [6, 6.07) is 4.66. The van der Waals surface area contributed by atoms with Crippen molar-refractivity contribution in [1.29, 1.82) is 0 Å². The molecule has 2 aromatic rings. The van der Waals surface area contributed by atoms with Crippen LogP contribution in [0.2, 0.25) is 5.02 Å². The normalized spacial score (nSPS) is 22.1. The Balaban J connectivity index is 1.97. The highest BCUT2D eigenvalue weighted by atomic mass is 35.5. The van der Waals surface area contributed by atoms with Gasteiger partial charge in [0.15, 0.2) is 11.2 Å². The summed E-state index contributed by atoms with van der Waals surface area (Å²) in [7, 11) is 1.22. The van der Waals surface area contributed by atoms with Crippen molar-refractivity contribution in [1.82, 2.24) is 5.32 Å². The fourth-order valence-corrected chi connectivity index (χ4v) is 5.02. The van der Waals surface area contributed by atoms with Crippen LogP contribution in [-0.2, 0) is 23.9 Å². The van der Waals surface area contributed by atoms with Crippen LogP contribution in [0.3, 0.4) is 0 Å². The van der Waals surface area contributed by atoms with E-state index in [0.717, 1.165) is 0 Å². The predicted molar refractivity (Wildman–Crippen MR) is 129 cm³/mol. The monoisotopic (exact) mass is 499 g/mol. The van der Waals surface area contributed by atoms with Crippen LogP contribution in [0.4, 0.5) is 0 Å². The van der Waals surface area contributed by atoms with Gasteiger partial charge in [0.25, 0.3) is 0 Å². The molecule has 0 saturated carbocycles. The van der Waals surface area contributed by atoms with Gasteiger partial charge in [-0.15, -0.1) is 0 Å². The number of dihydropyridines is 1.